The van der Waals surface area contributed by atoms with Crippen LogP contribution < -0.4 is 5.32 Å². The van der Waals surface area contributed by atoms with E-state index < -0.39 is 5.54 Å². The fourth-order valence-electron chi connectivity index (χ4n) is 4.71. The Morgan fingerprint density at radius 2 is 2.00 bits per heavy atom. The molecule has 1 saturated heterocycles. The van der Waals surface area contributed by atoms with Crippen molar-refractivity contribution in [3.8, 4) is 0 Å². The molecule has 27 heavy (non-hydrogen) atoms. The van der Waals surface area contributed by atoms with Crippen LogP contribution in [0.1, 0.15) is 28.8 Å². The van der Waals surface area contributed by atoms with Crippen molar-refractivity contribution >= 4 is 17.6 Å². The number of likely N-dealkylation sites (tertiary alicyclic amines) is 1. The van der Waals surface area contributed by atoms with Gasteiger partial charge in [-0.15, -0.1) is 0 Å². The first-order valence-electron chi connectivity index (χ1n) is 9.20. The summed E-state index contributed by atoms with van der Waals surface area (Å²) in [5.74, 6) is 0.907. The molecule has 2 aliphatic heterocycles. The highest BCUT2D eigenvalue weighted by molar-refractivity contribution is 6.15. The molecule has 0 radical (unpaired) electrons. The van der Waals surface area contributed by atoms with Gasteiger partial charge >= 0.3 is 0 Å². The first-order chi connectivity index (χ1) is 13.2. The minimum absolute atomic E-state index is 0.0336. The fraction of sp³-hybridized carbons (Fsp3) is 0.350. The summed E-state index contributed by atoms with van der Waals surface area (Å²) in [6.07, 6.45) is 4.65. The van der Waals surface area contributed by atoms with E-state index in [1.165, 1.54) is 12.4 Å². The van der Waals surface area contributed by atoms with Crippen molar-refractivity contribution in [3.63, 3.8) is 0 Å². The van der Waals surface area contributed by atoms with Crippen molar-refractivity contribution in [1.82, 2.24) is 20.4 Å². The summed E-state index contributed by atoms with van der Waals surface area (Å²) in [5.41, 5.74) is 0.699. The molecule has 0 unspecified atom stereocenters. The molecule has 1 aliphatic carbocycles. The SMILES string of the molecule is O=C(c1ccnnc1)N1C[C@@H]2CC[C@]3(N=C(c4ccccc4)NC3=O)[C@@H]2C1. The number of hydrogen-bond donors (Lipinski definition) is 1. The highest BCUT2D eigenvalue weighted by Crippen LogP contribution is 2.49. The first-order valence-corrected chi connectivity index (χ1v) is 9.20. The van der Waals surface area contributed by atoms with E-state index in [0.717, 1.165) is 18.4 Å². The van der Waals surface area contributed by atoms with Gasteiger partial charge in [-0.2, -0.15) is 10.2 Å². The zero-order valence-electron chi connectivity index (χ0n) is 14.7. The number of hydrogen-bond acceptors (Lipinski definition) is 5. The summed E-state index contributed by atoms with van der Waals surface area (Å²) in [7, 11) is 0. The van der Waals surface area contributed by atoms with Gasteiger partial charge in [0.1, 0.15) is 11.4 Å². The van der Waals surface area contributed by atoms with Crippen molar-refractivity contribution < 1.29 is 9.59 Å². The molecule has 3 atom stereocenters. The Balaban J connectivity index is 1.42. The zero-order valence-corrected chi connectivity index (χ0v) is 14.7. The second kappa shape index (κ2) is 5.97. The van der Waals surface area contributed by atoms with Gasteiger partial charge < -0.3 is 10.2 Å². The Bertz CT molecular complexity index is 930. The van der Waals surface area contributed by atoms with E-state index in [2.05, 4.69) is 15.5 Å². The molecule has 1 spiro atoms. The molecule has 2 fully saturated rings. The minimum Gasteiger partial charge on any atom is -0.338 e. The molecule has 3 aliphatic rings. The highest BCUT2D eigenvalue weighted by Gasteiger charge is 2.59. The third-order valence-electron chi connectivity index (χ3n) is 6.05. The van der Waals surface area contributed by atoms with Gasteiger partial charge in [-0.3, -0.25) is 14.6 Å². The van der Waals surface area contributed by atoms with Crippen LogP contribution in [0.25, 0.3) is 0 Å². The van der Waals surface area contributed by atoms with Crippen LogP contribution in [-0.4, -0.2) is 51.4 Å². The molecule has 2 amide bonds. The molecule has 1 saturated carbocycles. The molecule has 1 aromatic carbocycles. The van der Waals surface area contributed by atoms with E-state index in [-0.39, 0.29) is 17.7 Å². The summed E-state index contributed by atoms with van der Waals surface area (Å²) < 4.78 is 0. The van der Waals surface area contributed by atoms with Crippen molar-refractivity contribution in [2.45, 2.75) is 18.4 Å². The number of aromatic nitrogens is 2. The maximum atomic E-state index is 12.9. The van der Waals surface area contributed by atoms with Crippen LogP contribution >= 0.6 is 0 Å². The quantitative estimate of drug-likeness (QED) is 0.873. The van der Waals surface area contributed by atoms with Crippen molar-refractivity contribution in [2.24, 2.45) is 16.8 Å². The van der Waals surface area contributed by atoms with Crippen molar-refractivity contribution in [1.29, 1.82) is 0 Å². The van der Waals surface area contributed by atoms with Gasteiger partial charge in [-0.05, 0) is 24.8 Å². The molecule has 1 N–H and O–H groups in total. The standard InChI is InChI=1S/C20H19N5O2/c26-18(14-7-9-21-22-10-14)25-11-15-6-8-20(16(15)12-25)19(27)23-17(24-20)13-4-2-1-3-5-13/h1-5,7,9-10,15-16H,6,8,11-12H2,(H,23,24,27)/t15-,16+,20-/m0/s1. The average molecular weight is 361 g/mol. The smallest absolute Gasteiger partial charge is 0.255 e. The van der Waals surface area contributed by atoms with Gasteiger partial charge in [-0.1, -0.05) is 30.3 Å². The lowest BCUT2D eigenvalue weighted by molar-refractivity contribution is -0.124. The normalized spacial score (nSPS) is 29.0. The topological polar surface area (TPSA) is 87.6 Å². The van der Waals surface area contributed by atoms with Crippen molar-refractivity contribution in [3.05, 3.63) is 59.9 Å². The first kappa shape index (κ1) is 16.1. The van der Waals surface area contributed by atoms with Crippen LogP contribution in [0.5, 0.6) is 0 Å². The van der Waals surface area contributed by atoms with Crippen molar-refractivity contribution in [2.75, 3.05) is 13.1 Å². The van der Waals surface area contributed by atoms with Gasteiger partial charge in [0.2, 0.25) is 0 Å². The molecule has 7 nitrogen and oxygen atoms in total. The van der Waals surface area contributed by atoms with E-state index in [4.69, 9.17) is 4.99 Å². The number of carbonyl (C=O) groups excluding carboxylic acids is 2. The second-order valence-corrected chi connectivity index (χ2v) is 7.45. The number of carbonyl (C=O) groups is 2. The van der Waals surface area contributed by atoms with Crippen LogP contribution in [0, 0.1) is 11.8 Å². The number of fused-ring (bicyclic) bond motifs is 2. The highest BCUT2D eigenvalue weighted by atomic mass is 16.2. The predicted molar refractivity (Wildman–Crippen MR) is 98.0 cm³/mol. The minimum atomic E-state index is -0.749. The second-order valence-electron chi connectivity index (χ2n) is 7.45. The van der Waals surface area contributed by atoms with Gasteiger partial charge in [0.25, 0.3) is 11.8 Å². The molecule has 0 bridgehead atoms. The molecule has 7 heteroatoms. The third kappa shape index (κ3) is 2.45. The average Bonchev–Trinajstić information content (AvgIpc) is 3.38. The molecular weight excluding hydrogens is 342 g/mol. The van der Waals surface area contributed by atoms with Crippen LogP contribution in [0.3, 0.4) is 0 Å². The molecule has 2 aromatic rings. The summed E-state index contributed by atoms with van der Waals surface area (Å²) in [6.45, 7) is 1.21. The summed E-state index contributed by atoms with van der Waals surface area (Å²) in [5, 5.41) is 10.5. The Morgan fingerprint density at radius 3 is 2.78 bits per heavy atom. The Morgan fingerprint density at radius 1 is 1.15 bits per heavy atom. The summed E-state index contributed by atoms with van der Waals surface area (Å²) in [6, 6.07) is 11.4. The number of aliphatic imine (C=N–C) groups is 1. The Labute approximate surface area is 156 Å². The maximum absolute atomic E-state index is 12.9. The number of nitrogens with one attached hydrogen (secondary N) is 1. The third-order valence-corrected chi connectivity index (χ3v) is 6.05. The molecule has 1 aromatic heterocycles. The lowest BCUT2D eigenvalue weighted by Gasteiger charge is -2.25. The summed E-state index contributed by atoms with van der Waals surface area (Å²) in [4.78, 5) is 32.4. The van der Waals surface area contributed by atoms with E-state index in [1.54, 1.807) is 6.07 Å². The number of rotatable bonds is 2. The van der Waals surface area contributed by atoms with Crippen LogP contribution in [0.4, 0.5) is 0 Å². The Kier molecular flexibility index (Phi) is 3.56. The number of nitrogens with zero attached hydrogens (tertiary/aromatic N) is 4. The van der Waals surface area contributed by atoms with Crippen LogP contribution in [0.15, 0.2) is 53.8 Å². The Hall–Kier alpha value is -3.09. The van der Waals surface area contributed by atoms with Gasteiger partial charge in [0.05, 0.1) is 18.0 Å². The van der Waals surface area contributed by atoms with E-state index in [9.17, 15) is 9.59 Å². The van der Waals surface area contributed by atoms with E-state index in [1.807, 2.05) is 35.2 Å². The lowest BCUT2D eigenvalue weighted by Crippen LogP contribution is -2.45. The number of amides is 2. The lowest BCUT2D eigenvalue weighted by atomic mass is 9.85. The summed E-state index contributed by atoms with van der Waals surface area (Å²) >= 11 is 0. The van der Waals surface area contributed by atoms with E-state index >= 15 is 0 Å². The van der Waals surface area contributed by atoms with Gasteiger partial charge in [0, 0.05) is 24.6 Å². The van der Waals surface area contributed by atoms with Gasteiger partial charge in [-0.25, -0.2) is 0 Å². The van der Waals surface area contributed by atoms with Crippen LogP contribution in [-0.2, 0) is 4.79 Å². The molecular formula is C20H19N5O2. The van der Waals surface area contributed by atoms with Crippen LogP contribution in [0.2, 0.25) is 0 Å². The number of benzene rings is 1. The maximum Gasteiger partial charge on any atom is 0.255 e. The predicted octanol–water partition coefficient (Wildman–Crippen LogP) is 1.27. The molecule has 3 heterocycles. The molecule has 136 valence electrons. The molecule has 5 rings (SSSR count). The fourth-order valence-corrected chi connectivity index (χ4v) is 4.71. The van der Waals surface area contributed by atoms with E-state index in [0.29, 0.717) is 30.4 Å². The largest absolute Gasteiger partial charge is 0.338 e. The monoisotopic (exact) mass is 361 g/mol. The van der Waals surface area contributed by atoms with Gasteiger partial charge in [0.15, 0.2) is 0 Å². The zero-order chi connectivity index (χ0) is 18.4. The number of amidine groups is 1.